The Labute approximate surface area is 192 Å². The molecule has 6 heteroatoms. The monoisotopic (exact) mass is 443 g/mol. The molecule has 0 aliphatic carbocycles. The van der Waals surface area contributed by atoms with Gasteiger partial charge in [-0.05, 0) is 41.8 Å². The first-order valence-corrected chi connectivity index (χ1v) is 11.5. The van der Waals surface area contributed by atoms with Crippen molar-refractivity contribution in [3.05, 3.63) is 101 Å². The van der Waals surface area contributed by atoms with E-state index in [2.05, 4.69) is 46.5 Å². The van der Waals surface area contributed by atoms with Crippen molar-refractivity contribution >= 4 is 17.2 Å². The van der Waals surface area contributed by atoms with Crippen LogP contribution in [-0.4, -0.2) is 15.9 Å². The van der Waals surface area contributed by atoms with Gasteiger partial charge in [0.2, 0.25) is 5.91 Å². The van der Waals surface area contributed by atoms with Gasteiger partial charge in [0.25, 0.3) is 0 Å². The minimum Gasteiger partial charge on any atom is -0.487 e. The Morgan fingerprint density at radius 3 is 2.66 bits per heavy atom. The normalized spacial score (nSPS) is 10.7. The zero-order valence-electron chi connectivity index (χ0n) is 18.0. The number of hydrogen-bond donors (Lipinski definition) is 1. The summed E-state index contributed by atoms with van der Waals surface area (Å²) in [6.07, 6.45) is 3.03. The van der Waals surface area contributed by atoms with Crippen molar-refractivity contribution in [2.45, 2.75) is 32.9 Å². The van der Waals surface area contributed by atoms with E-state index in [1.807, 2.05) is 47.8 Å². The molecular weight excluding hydrogens is 418 g/mol. The van der Waals surface area contributed by atoms with E-state index in [-0.39, 0.29) is 12.3 Å². The van der Waals surface area contributed by atoms with Crippen molar-refractivity contribution in [1.82, 2.24) is 15.3 Å². The van der Waals surface area contributed by atoms with Crippen LogP contribution in [0.1, 0.15) is 29.4 Å². The molecular formula is C26H25N3O2S. The van der Waals surface area contributed by atoms with Crippen LogP contribution >= 0.6 is 11.3 Å². The number of amides is 1. The van der Waals surface area contributed by atoms with E-state index < -0.39 is 0 Å². The van der Waals surface area contributed by atoms with E-state index in [4.69, 9.17) is 4.74 Å². The molecule has 0 unspecified atom stereocenters. The highest BCUT2D eigenvalue weighted by Crippen LogP contribution is 2.24. The van der Waals surface area contributed by atoms with E-state index in [1.165, 1.54) is 5.56 Å². The summed E-state index contributed by atoms with van der Waals surface area (Å²) in [6, 6.07) is 21.9. The van der Waals surface area contributed by atoms with Gasteiger partial charge in [0, 0.05) is 23.7 Å². The molecule has 5 nitrogen and oxygen atoms in total. The molecule has 0 atom stereocenters. The number of pyridine rings is 1. The fraction of sp³-hybridized carbons (Fsp3) is 0.192. The molecule has 2 aromatic heterocycles. The summed E-state index contributed by atoms with van der Waals surface area (Å²) in [6.45, 7) is 2.99. The van der Waals surface area contributed by atoms with Crippen molar-refractivity contribution in [2.24, 2.45) is 0 Å². The molecule has 0 saturated heterocycles. The van der Waals surface area contributed by atoms with Gasteiger partial charge in [-0.15, -0.1) is 11.3 Å². The summed E-state index contributed by atoms with van der Waals surface area (Å²) in [5.74, 6) is 0.698. The van der Waals surface area contributed by atoms with Crippen molar-refractivity contribution in [3.63, 3.8) is 0 Å². The van der Waals surface area contributed by atoms with Crippen LogP contribution in [0.3, 0.4) is 0 Å². The quantitative estimate of drug-likeness (QED) is 0.386. The predicted molar refractivity (Wildman–Crippen MR) is 127 cm³/mol. The second-order valence-corrected chi connectivity index (χ2v) is 8.26. The fourth-order valence-electron chi connectivity index (χ4n) is 3.22. The fourth-order valence-corrected chi connectivity index (χ4v) is 4.04. The lowest BCUT2D eigenvalue weighted by molar-refractivity contribution is -0.120. The van der Waals surface area contributed by atoms with Gasteiger partial charge in [-0.1, -0.05) is 49.4 Å². The molecule has 4 aromatic rings. The van der Waals surface area contributed by atoms with Gasteiger partial charge in [0.05, 0.1) is 17.8 Å². The third-order valence-electron chi connectivity index (χ3n) is 5.00. The molecule has 1 amide bonds. The SMILES string of the molecule is CCc1ccc(-c2nc(CC(=O)NCc3cccc(OCc4ccccn4)c3)cs2)cc1. The maximum absolute atomic E-state index is 12.4. The van der Waals surface area contributed by atoms with Crippen molar-refractivity contribution in [1.29, 1.82) is 0 Å². The molecule has 0 fully saturated rings. The Balaban J connectivity index is 1.28. The van der Waals surface area contributed by atoms with Crippen LogP contribution < -0.4 is 10.1 Å². The molecule has 2 heterocycles. The first kappa shape index (κ1) is 21.7. The lowest BCUT2D eigenvalue weighted by Gasteiger charge is -2.09. The Kier molecular flexibility index (Phi) is 7.25. The molecule has 0 radical (unpaired) electrons. The maximum Gasteiger partial charge on any atom is 0.226 e. The van der Waals surface area contributed by atoms with Crippen LogP contribution in [0.5, 0.6) is 5.75 Å². The lowest BCUT2D eigenvalue weighted by Crippen LogP contribution is -2.24. The van der Waals surface area contributed by atoms with E-state index in [9.17, 15) is 4.79 Å². The van der Waals surface area contributed by atoms with Crippen molar-refractivity contribution in [3.8, 4) is 16.3 Å². The topological polar surface area (TPSA) is 64.1 Å². The summed E-state index contributed by atoms with van der Waals surface area (Å²) < 4.78 is 5.81. The van der Waals surface area contributed by atoms with Gasteiger partial charge in [-0.2, -0.15) is 0 Å². The number of benzene rings is 2. The first-order valence-electron chi connectivity index (χ1n) is 10.6. The van der Waals surface area contributed by atoms with Crippen molar-refractivity contribution in [2.75, 3.05) is 0 Å². The zero-order chi connectivity index (χ0) is 22.2. The number of carbonyl (C=O) groups excluding carboxylic acids is 1. The summed E-state index contributed by atoms with van der Waals surface area (Å²) in [5.41, 5.74) is 5.02. The smallest absolute Gasteiger partial charge is 0.226 e. The summed E-state index contributed by atoms with van der Waals surface area (Å²) >= 11 is 1.57. The number of carbonyl (C=O) groups is 1. The third-order valence-corrected chi connectivity index (χ3v) is 5.94. The zero-order valence-corrected chi connectivity index (χ0v) is 18.8. The number of aromatic nitrogens is 2. The molecule has 0 saturated carbocycles. The van der Waals surface area contributed by atoms with Gasteiger partial charge in [0.15, 0.2) is 0 Å². The Bertz CT molecular complexity index is 1160. The minimum absolute atomic E-state index is 0.0528. The molecule has 0 aliphatic rings. The number of ether oxygens (including phenoxy) is 1. The van der Waals surface area contributed by atoms with Crippen LogP contribution in [0.4, 0.5) is 0 Å². The van der Waals surface area contributed by atoms with Crippen LogP contribution in [0, 0.1) is 0 Å². The highest BCUT2D eigenvalue weighted by atomic mass is 32.1. The lowest BCUT2D eigenvalue weighted by atomic mass is 10.1. The van der Waals surface area contributed by atoms with Gasteiger partial charge >= 0.3 is 0 Å². The molecule has 0 aliphatic heterocycles. The second-order valence-electron chi connectivity index (χ2n) is 7.41. The van der Waals surface area contributed by atoms with E-state index in [1.54, 1.807) is 17.5 Å². The Morgan fingerprint density at radius 2 is 1.88 bits per heavy atom. The predicted octanol–water partition coefficient (Wildman–Crippen LogP) is 5.21. The number of thiazole rings is 1. The Morgan fingerprint density at radius 1 is 1.00 bits per heavy atom. The number of hydrogen-bond acceptors (Lipinski definition) is 5. The van der Waals surface area contributed by atoms with E-state index in [0.29, 0.717) is 13.2 Å². The van der Waals surface area contributed by atoms with E-state index >= 15 is 0 Å². The highest BCUT2D eigenvalue weighted by molar-refractivity contribution is 7.13. The van der Waals surface area contributed by atoms with Crippen molar-refractivity contribution < 1.29 is 9.53 Å². The standard InChI is InChI=1S/C26H25N3O2S/c1-2-19-9-11-21(12-10-19)26-29-23(18-32-26)15-25(30)28-16-20-6-5-8-24(14-20)31-17-22-7-3-4-13-27-22/h3-14,18H,2,15-17H2,1H3,(H,28,30). The maximum atomic E-state index is 12.4. The number of nitrogens with zero attached hydrogens (tertiary/aromatic N) is 2. The van der Waals surface area contributed by atoms with Crippen LogP contribution in [0.25, 0.3) is 10.6 Å². The summed E-state index contributed by atoms with van der Waals surface area (Å²) in [7, 11) is 0. The third kappa shape index (κ3) is 6.02. The van der Waals surface area contributed by atoms with Crippen LogP contribution in [-0.2, 0) is 30.8 Å². The average Bonchev–Trinajstić information content (AvgIpc) is 3.31. The summed E-state index contributed by atoms with van der Waals surface area (Å²) in [5, 5.41) is 5.86. The molecule has 2 aromatic carbocycles. The molecule has 32 heavy (non-hydrogen) atoms. The van der Waals surface area contributed by atoms with Gasteiger partial charge in [-0.3, -0.25) is 9.78 Å². The molecule has 0 bridgehead atoms. The number of rotatable bonds is 9. The minimum atomic E-state index is -0.0528. The second kappa shape index (κ2) is 10.7. The Hall–Kier alpha value is -3.51. The number of aryl methyl sites for hydroxylation is 1. The summed E-state index contributed by atoms with van der Waals surface area (Å²) in [4.78, 5) is 21.3. The molecule has 0 spiro atoms. The molecule has 162 valence electrons. The average molecular weight is 444 g/mol. The van der Waals surface area contributed by atoms with Crippen LogP contribution in [0.15, 0.2) is 78.3 Å². The first-order chi connectivity index (χ1) is 15.7. The molecule has 1 N–H and O–H groups in total. The molecule has 4 rings (SSSR count). The van der Waals surface area contributed by atoms with Gasteiger partial charge in [0.1, 0.15) is 17.4 Å². The largest absolute Gasteiger partial charge is 0.487 e. The van der Waals surface area contributed by atoms with Crippen LogP contribution in [0.2, 0.25) is 0 Å². The number of nitrogens with one attached hydrogen (secondary N) is 1. The van der Waals surface area contributed by atoms with Gasteiger partial charge in [-0.25, -0.2) is 4.98 Å². The van der Waals surface area contributed by atoms with E-state index in [0.717, 1.165) is 39.7 Å². The highest BCUT2D eigenvalue weighted by Gasteiger charge is 2.09. The van der Waals surface area contributed by atoms with Gasteiger partial charge < -0.3 is 10.1 Å².